The molecule has 2 amide bonds. The zero-order valence-electron chi connectivity index (χ0n) is 10.9. The van der Waals surface area contributed by atoms with Gasteiger partial charge in [0, 0.05) is 12.8 Å². The van der Waals surface area contributed by atoms with Crippen LogP contribution in [0.25, 0.3) is 0 Å². The van der Waals surface area contributed by atoms with Crippen LogP contribution in [0.2, 0.25) is 0 Å². The normalized spacial score (nSPS) is 14.7. The van der Waals surface area contributed by atoms with Crippen molar-refractivity contribution in [2.45, 2.75) is 19.3 Å². The lowest BCUT2D eigenvalue weighted by Gasteiger charge is -2.14. The van der Waals surface area contributed by atoms with Gasteiger partial charge in [0.05, 0.1) is 13.0 Å². The van der Waals surface area contributed by atoms with E-state index in [-0.39, 0.29) is 44.2 Å². The van der Waals surface area contributed by atoms with Gasteiger partial charge in [-0.25, -0.2) is 0 Å². The van der Waals surface area contributed by atoms with Gasteiger partial charge >= 0.3 is 5.97 Å². The minimum Gasteiger partial charge on any atom is -0.492 e. The first-order chi connectivity index (χ1) is 9.56. The van der Waals surface area contributed by atoms with Gasteiger partial charge in [-0.05, 0) is 17.7 Å². The number of imide groups is 1. The first kappa shape index (κ1) is 14.0. The van der Waals surface area contributed by atoms with Crippen LogP contribution in [-0.2, 0) is 20.8 Å². The highest BCUT2D eigenvalue weighted by Gasteiger charge is 2.28. The Morgan fingerprint density at radius 1 is 1.15 bits per heavy atom. The van der Waals surface area contributed by atoms with Crippen molar-refractivity contribution in [3.8, 4) is 5.75 Å². The van der Waals surface area contributed by atoms with Crippen LogP contribution < -0.4 is 4.74 Å². The summed E-state index contributed by atoms with van der Waals surface area (Å²) in [4.78, 5) is 34.5. The first-order valence-electron chi connectivity index (χ1n) is 6.33. The van der Waals surface area contributed by atoms with E-state index in [0.29, 0.717) is 11.3 Å². The van der Waals surface area contributed by atoms with Crippen LogP contribution in [0.1, 0.15) is 18.4 Å². The summed E-state index contributed by atoms with van der Waals surface area (Å²) in [5, 5.41) is 8.65. The molecule has 1 aliphatic heterocycles. The second-order valence-corrected chi connectivity index (χ2v) is 4.50. The fourth-order valence-corrected chi connectivity index (χ4v) is 2.01. The zero-order valence-corrected chi connectivity index (χ0v) is 10.9. The van der Waals surface area contributed by atoms with Crippen molar-refractivity contribution >= 4 is 17.8 Å². The van der Waals surface area contributed by atoms with E-state index < -0.39 is 5.97 Å². The number of amides is 2. The highest BCUT2D eigenvalue weighted by atomic mass is 16.5. The van der Waals surface area contributed by atoms with Crippen LogP contribution >= 0.6 is 0 Å². The van der Waals surface area contributed by atoms with Gasteiger partial charge in [-0.2, -0.15) is 0 Å². The maximum Gasteiger partial charge on any atom is 0.307 e. The molecule has 1 aliphatic rings. The molecule has 1 saturated heterocycles. The minimum atomic E-state index is -0.885. The lowest BCUT2D eigenvalue weighted by molar-refractivity contribution is -0.139. The number of benzene rings is 1. The van der Waals surface area contributed by atoms with Crippen molar-refractivity contribution in [1.29, 1.82) is 0 Å². The fraction of sp³-hybridized carbons (Fsp3) is 0.357. The van der Waals surface area contributed by atoms with Crippen LogP contribution in [0.3, 0.4) is 0 Å². The van der Waals surface area contributed by atoms with Crippen LogP contribution in [-0.4, -0.2) is 40.9 Å². The van der Waals surface area contributed by atoms with Crippen molar-refractivity contribution in [1.82, 2.24) is 4.90 Å². The monoisotopic (exact) mass is 277 g/mol. The van der Waals surface area contributed by atoms with Crippen molar-refractivity contribution in [2.75, 3.05) is 13.2 Å². The van der Waals surface area contributed by atoms with E-state index >= 15 is 0 Å². The molecule has 2 rings (SSSR count). The smallest absolute Gasteiger partial charge is 0.307 e. The van der Waals surface area contributed by atoms with E-state index in [1.165, 1.54) is 4.90 Å². The van der Waals surface area contributed by atoms with E-state index in [9.17, 15) is 14.4 Å². The molecule has 0 spiro atoms. The molecule has 1 N–H and O–H groups in total. The molecule has 106 valence electrons. The number of ether oxygens (including phenoxy) is 1. The Bertz CT molecular complexity index is 507. The van der Waals surface area contributed by atoms with E-state index in [4.69, 9.17) is 9.84 Å². The highest BCUT2D eigenvalue weighted by molar-refractivity contribution is 6.01. The van der Waals surface area contributed by atoms with Crippen molar-refractivity contribution in [3.05, 3.63) is 29.8 Å². The summed E-state index contributed by atoms with van der Waals surface area (Å²) in [6, 6.07) is 6.70. The van der Waals surface area contributed by atoms with Gasteiger partial charge in [0.1, 0.15) is 12.4 Å². The van der Waals surface area contributed by atoms with E-state index in [0.717, 1.165) is 0 Å². The highest BCUT2D eigenvalue weighted by Crippen LogP contribution is 2.14. The van der Waals surface area contributed by atoms with Crippen molar-refractivity contribution in [2.24, 2.45) is 0 Å². The minimum absolute atomic E-state index is 0.0307. The van der Waals surface area contributed by atoms with Gasteiger partial charge in [0.15, 0.2) is 0 Å². The maximum atomic E-state index is 11.4. The second kappa shape index (κ2) is 6.18. The molecule has 0 aromatic heterocycles. The molecule has 1 aromatic carbocycles. The molecule has 0 radical (unpaired) electrons. The number of carboxylic acid groups (broad SMARTS) is 1. The maximum absolute atomic E-state index is 11.4. The third kappa shape index (κ3) is 3.57. The van der Waals surface area contributed by atoms with Gasteiger partial charge in [-0.1, -0.05) is 12.1 Å². The molecule has 6 nitrogen and oxygen atoms in total. The van der Waals surface area contributed by atoms with Crippen molar-refractivity contribution in [3.63, 3.8) is 0 Å². The number of carbonyl (C=O) groups excluding carboxylic acids is 2. The predicted octanol–water partition coefficient (Wildman–Crippen LogP) is 0.841. The van der Waals surface area contributed by atoms with E-state index in [1.807, 2.05) is 0 Å². The molecule has 0 aliphatic carbocycles. The Morgan fingerprint density at radius 2 is 1.75 bits per heavy atom. The van der Waals surface area contributed by atoms with E-state index in [2.05, 4.69) is 0 Å². The second-order valence-electron chi connectivity index (χ2n) is 4.50. The molecule has 0 unspecified atom stereocenters. The third-order valence-electron chi connectivity index (χ3n) is 3.02. The molecular weight excluding hydrogens is 262 g/mol. The average Bonchev–Trinajstić information content (AvgIpc) is 2.72. The molecule has 1 aromatic rings. The Balaban J connectivity index is 1.81. The molecule has 0 atom stereocenters. The summed E-state index contributed by atoms with van der Waals surface area (Å²) in [5.74, 6) is -0.617. The number of likely N-dealkylation sites (tertiary alicyclic amines) is 1. The summed E-state index contributed by atoms with van der Waals surface area (Å²) < 4.78 is 5.43. The number of carboxylic acids is 1. The fourth-order valence-electron chi connectivity index (χ4n) is 2.01. The van der Waals surface area contributed by atoms with Gasteiger partial charge in [0.2, 0.25) is 11.8 Å². The molecular formula is C14H15NO5. The molecule has 20 heavy (non-hydrogen) atoms. The summed E-state index contributed by atoms with van der Waals surface area (Å²) in [6.45, 7) is 0.476. The zero-order chi connectivity index (χ0) is 14.5. The quantitative estimate of drug-likeness (QED) is 0.779. The molecule has 6 heteroatoms. The van der Waals surface area contributed by atoms with Gasteiger partial charge in [-0.15, -0.1) is 0 Å². The summed E-state index contributed by atoms with van der Waals surface area (Å²) in [6.07, 6.45) is 0.530. The number of rotatable bonds is 6. The van der Waals surface area contributed by atoms with Crippen LogP contribution in [0.15, 0.2) is 24.3 Å². The average molecular weight is 277 g/mol. The van der Waals surface area contributed by atoms with E-state index in [1.54, 1.807) is 24.3 Å². The Kier molecular flexibility index (Phi) is 4.34. The largest absolute Gasteiger partial charge is 0.492 e. The lowest BCUT2D eigenvalue weighted by Crippen LogP contribution is -2.33. The third-order valence-corrected chi connectivity index (χ3v) is 3.02. The first-order valence-corrected chi connectivity index (χ1v) is 6.33. The van der Waals surface area contributed by atoms with Gasteiger partial charge in [0.25, 0.3) is 0 Å². The number of hydrogen-bond donors (Lipinski definition) is 1. The number of aliphatic carboxylic acids is 1. The predicted molar refractivity (Wildman–Crippen MR) is 69.2 cm³/mol. The standard InChI is InChI=1S/C14H15NO5/c16-12-5-6-13(17)15(12)7-8-20-11-3-1-10(2-4-11)9-14(18)19/h1-4H,5-9H2,(H,18,19). The Labute approximate surface area is 115 Å². The van der Waals surface area contributed by atoms with Gasteiger partial charge < -0.3 is 9.84 Å². The number of hydrogen-bond acceptors (Lipinski definition) is 4. The molecule has 1 fully saturated rings. The molecule has 1 heterocycles. The van der Waals surface area contributed by atoms with Crippen LogP contribution in [0, 0.1) is 0 Å². The summed E-state index contributed by atoms with van der Waals surface area (Å²) >= 11 is 0. The number of nitrogens with zero attached hydrogens (tertiary/aromatic N) is 1. The van der Waals surface area contributed by atoms with Gasteiger partial charge in [-0.3, -0.25) is 19.3 Å². The molecule has 0 saturated carbocycles. The van der Waals surface area contributed by atoms with Crippen LogP contribution in [0.4, 0.5) is 0 Å². The summed E-state index contributed by atoms with van der Waals surface area (Å²) in [5.41, 5.74) is 0.690. The SMILES string of the molecule is O=C(O)Cc1ccc(OCCN2C(=O)CCC2=O)cc1. The molecule has 0 bridgehead atoms. The topological polar surface area (TPSA) is 83.9 Å². The lowest BCUT2D eigenvalue weighted by atomic mass is 10.1. The Morgan fingerprint density at radius 3 is 2.30 bits per heavy atom. The Hall–Kier alpha value is -2.37. The van der Waals surface area contributed by atoms with Crippen LogP contribution in [0.5, 0.6) is 5.75 Å². The number of carbonyl (C=O) groups is 3. The summed E-state index contributed by atoms with van der Waals surface area (Å²) in [7, 11) is 0. The van der Waals surface area contributed by atoms with Crippen molar-refractivity contribution < 1.29 is 24.2 Å².